The molecule has 1 heterocycles. The molecule has 2 aromatic carbocycles. The molecule has 3 aromatic rings. The molecule has 0 aliphatic rings. The van der Waals surface area contributed by atoms with Crippen LogP contribution in [0.2, 0.25) is 0 Å². The molecule has 0 saturated heterocycles. The van der Waals surface area contributed by atoms with Gasteiger partial charge in [-0.3, -0.25) is 9.59 Å². The average Bonchev–Trinajstić information content (AvgIpc) is 2.59. The van der Waals surface area contributed by atoms with E-state index in [9.17, 15) is 18.8 Å². The van der Waals surface area contributed by atoms with Crippen molar-refractivity contribution in [2.75, 3.05) is 6.61 Å². The van der Waals surface area contributed by atoms with Gasteiger partial charge in [0, 0.05) is 11.6 Å². The summed E-state index contributed by atoms with van der Waals surface area (Å²) in [7, 11) is 0. The van der Waals surface area contributed by atoms with E-state index in [1.165, 1.54) is 18.2 Å². The average molecular weight is 326 g/mol. The van der Waals surface area contributed by atoms with Crippen molar-refractivity contribution in [2.45, 2.75) is 0 Å². The second kappa shape index (κ2) is 6.45. The van der Waals surface area contributed by atoms with E-state index in [0.29, 0.717) is 5.39 Å². The van der Waals surface area contributed by atoms with Gasteiger partial charge >= 0.3 is 5.97 Å². The first-order valence-electron chi connectivity index (χ1n) is 7.03. The van der Waals surface area contributed by atoms with Gasteiger partial charge in [-0.2, -0.15) is 0 Å². The number of carbonyl (C=O) groups excluding carboxylic acids is 2. The van der Waals surface area contributed by atoms with Crippen molar-refractivity contribution < 1.29 is 23.1 Å². The standard InChI is InChI=1S/C18H11FO5/c19-12-5-3-4-11(8-12)15(21)10-23-18(22)17-9-14(20)13-6-1-2-7-16(13)24-17/h1-9H,10H2. The Hall–Kier alpha value is -3.28. The van der Waals surface area contributed by atoms with Crippen molar-refractivity contribution in [1.82, 2.24) is 0 Å². The number of hydrogen-bond acceptors (Lipinski definition) is 5. The van der Waals surface area contributed by atoms with E-state index in [0.717, 1.165) is 12.1 Å². The molecular formula is C18H11FO5. The van der Waals surface area contributed by atoms with Crippen LogP contribution in [0.3, 0.4) is 0 Å². The summed E-state index contributed by atoms with van der Waals surface area (Å²) in [5.41, 5.74) is -0.0589. The van der Waals surface area contributed by atoms with Crippen molar-refractivity contribution in [3.05, 3.63) is 82.0 Å². The van der Waals surface area contributed by atoms with Crippen molar-refractivity contribution in [1.29, 1.82) is 0 Å². The molecule has 0 N–H and O–H groups in total. The van der Waals surface area contributed by atoms with Crippen LogP contribution in [0, 0.1) is 5.82 Å². The van der Waals surface area contributed by atoms with Gasteiger partial charge in [0.1, 0.15) is 11.4 Å². The van der Waals surface area contributed by atoms with Gasteiger partial charge in [0.25, 0.3) is 0 Å². The van der Waals surface area contributed by atoms with E-state index in [1.54, 1.807) is 24.3 Å². The van der Waals surface area contributed by atoms with Gasteiger partial charge in [-0.15, -0.1) is 0 Å². The van der Waals surface area contributed by atoms with Crippen LogP contribution in [0.25, 0.3) is 11.0 Å². The highest BCUT2D eigenvalue weighted by molar-refractivity contribution is 5.99. The van der Waals surface area contributed by atoms with Gasteiger partial charge in [0.2, 0.25) is 5.76 Å². The number of benzene rings is 2. The van der Waals surface area contributed by atoms with Gasteiger partial charge in [0.15, 0.2) is 17.8 Å². The van der Waals surface area contributed by atoms with Crippen molar-refractivity contribution >= 4 is 22.7 Å². The van der Waals surface area contributed by atoms with Crippen molar-refractivity contribution in [3.63, 3.8) is 0 Å². The Kier molecular flexibility index (Phi) is 4.20. The first-order valence-corrected chi connectivity index (χ1v) is 7.03. The SMILES string of the molecule is O=C(COC(=O)c1cc(=O)c2ccccc2o1)c1cccc(F)c1. The summed E-state index contributed by atoms with van der Waals surface area (Å²) in [6, 6.07) is 12.5. The van der Waals surface area contributed by atoms with Crippen molar-refractivity contribution in [2.24, 2.45) is 0 Å². The molecule has 120 valence electrons. The number of rotatable bonds is 4. The Morgan fingerprint density at radius 1 is 1.04 bits per heavy atom. The number of ether oxygens (including phenoxy) is 1. The number of esters is 1. The predicted octanol–water partition coefficient (Wildman–Crippen LogP) is 2.97. The number of Topliss-reactive ketones (excluding diaryl/α,β-unsaturated/α-hetero) is 1. The molecule has 0 saturated carbocycles. The summed E-state index contributed by atoms with van der Waals surface area (Å²) in [6.45, 7) is -0.585. The second-order valence-electron chi connectivity index (χ2n) is 4.98. The van der Waals surface area contributed by atoms with E-state index in [-0.39, 0.29) is 22.3 Å². The van der Waals surface area contributed by atoms with Crippen LogP contribution in [0.5, 0.6) is 0 Å². The minimum atomic E-state index is -0.942. The fourth-order valence-electron chi connectivity index (χ4n) is 2.15. The smallest absolute Gasteiger partial charge is 0.374 e. The van der Waals surface area contributed by atoms with Crippen LogP contribution < -0.4 is 5.43 Å². The lowest BCUT2D eigenvalue weighted by Crippen LogP contribution is -2.16. The maximum Gasteiger partial charge on any atom is 0.374 e. The molecule has 0 amide bonds. The van der Waals surface area contributed by atoms with Crippen LogP contribution in [-0.2, 0) is 4.74 Å². The molecule has 0 aliphatic carbocycles. The topological polar surface area (TPSA) is 73.6 Å². The molecule has 6 heteroatoms. The number of carbonyl (C=O) groups is 2. The molecule has 0 aliphatic heterocycles. The molecule has 0 fully saturated rings. The number of hydrogen-bond donors (Lipinski definition) is 0. The lowest BCUT2D eigenvalue weighted by molar-refractivity contribution is 0.0444. The van der Waals surface area contributed by atoms with Crippen LogP contribution >= 0.6 is 0 Å². The van der Waals surface area contributed by atoms with Crippen LogP contribution in [-0.4, -0.2) is 18.4 Å². The minimum Gasteiger partial charge on any atom is -0.451 e. The zero-order chi connectivity index (χ0) is 17.1. The van der Waals surface area contributed by atoms with Gasteiger partial charge in [-0.25, -0.2) is 9.18 Å². The zero-order valence-corrected chi connectivity index (χ0v) is 12.3. The summed E-state index contributed by atoms with van der Waals surface area (Å²) in [5, 5.41) is 0.338. The van der Waals surface area contributed by atoms with Crippen LogP contribution in [0.15, 0.2) is 63.8 Å². The second-order valence-corrected chi connectivity index (χ2v) is 4.98. The first-order chi connectivity index (χ1) is 11.5. The van der Waals surface area contributed by atoms with Crippen molar-refractivity contribution in [3.8, 4) is 0 Å². The predicted molar refractivity (Wildman–Crippen MR) is 83.5 cm³/mol. The van der Waals surface area contributed by atoms with E-state index >= 15 is 0 Å². The number of halogens is 1. The zero-order valence-electron chi connectivity index (χ0n) is 12.3. The molecule has 24 heavy (non-hydrogen) atoms. The maximum absolute atomic E-state index is 13.1. The monoisotopic (exact) mass is 326 g/mol. The Morgan fingerprint density at radius 2 is 1.83 bits per heavy atom. The lowest BCUT2D eigenvalue weighted by atomic mass is 10.1. The molecule has 0 spiro atoms. The highest BCUT2D eigenvalue weighted by atomic mass is 19.1. The molecule has 0 radical (unpaired) electrons. The van der Waals surface area contributed by atoms with E-state index in [1.807, 2.05) is 0 Å². The molecule has 3 rings (SSSR count). The molecular weight excluding hydrogens is 315 g/mol. The highest BCUT2D eigenvalue weighted by Crippen LogP contribution is 2.13. The molecule has 0 bridgehead atoms. The highest BCUT2D eigenvalue weighted by Gasteiger charge is 2.16. The normalized spacial score (nSPS) is 10.5. The van der Waals surface area contributed by atoms with E-state index in [4.69, 9.17) is 9.15 Å². The molecule has 0 unspecified atom stereocenters. The molecule has 0 atom stereocenters. The summed E-state index contributed by atoms with van der Waals surface area (Å²) in [6.07, 6.45) is 0. The maximum atomic E-state index is 13.1. The Morgan fingerprint density at radius 3 is 2.62 bits per heavy atom. The quantitative estimate of drug-likeness (QED) is 0.544. The summed E-state index contributed by atoms with van der Waals surface area (Å²) in [5.74, 6) is -2.37. The number of ketones is 1. The van der Waals surface area contributed by atoms with Gasteiger partial charge in [-0.05, 0) is 24.3 Å². The van der Waals surface area contributed by atoms with Gasteiger partial charge in [-0.1, -0.05) is 24.3 Å². The lowest BCUT2D eigenvalue weighted by Gasteiger charge is -2.05. The third kappa shape index (κ3) is 3.22. The van der Waals surface area contributed by atoms with E-state index < -0.39 is 24.2 Å². The van der Waals surface area contributed by atoms with Gasteiger partial charge < -0.3 is 9.15 Å². The number of fused-ring (bicyclic) bond motifs is 1. The minimum absolute atomic E-state index is 0.0859. The largest absolute Gasteiger partial charge is 0.451 e. The Labute approximate surface area is 135 Å². The number of para-hydroxylation sites is 1. The molecule has 5 nitrogen and oxygen atoms in total. The molecule has 1 aromatic heterocycles. The first kappa shape index (κ1) is 15.6. The van der Waals surface area contributed by atoms with Crippen LogP contribution in [0.4, 0.5) is 4.39 Å². The summed E-state index contributed by atoms with van der Waals surface area (Å²) < 4.78 is 23.2. The fraction of sp³-hybridized carbons (Fsp3) is 0.0556. The third-order valence-corrected chi connectivity index (χ3v) is 3.32. The van der Waals surface area contributed by atoms with Gasteiger partial charge in [0.05, 0.1) is 5.39 Å². The Bertz CT molecular complexity index is 990. The van der Waals surface area contributed by atoms with E-state index in [2.05, 4.69) is 0 Å². The summed E-state index contributed by atoms with van der Waals surface area (Å²) >= 11 is 0. The summed E-state index contributed by atoms with van der Waals surface area (Å²) in [4.78, 5) is 35.8. The fourth-order valence-corrected chi connectivity index (χ4v) is 2.15. The van der Waals surface area contributed by atoms with Crippen LogP contribution in [0.1, 0.15) is 20.9 Å². The third-order valence-electron chi connectivity index (χ3n) is 3.32. The Balaban J connectivity index is 1.76.